The number of alkyl halides is 1. The molecule has 32 heavy (non-hydrogen) atoms. The Balaban J connectivity index is 0.000000383. The highest BCUT2D eigenvalue weighted by atomic mass is 19.1. The van der Waals surface area contributed by atoms with Gasteiger partial charge in [0.1, 0.15) is 17.5 Å². The third-order valence-corrected chi connectivity index (χ3v) is 5.98. The van der Waals surface area contributed by atoms with Crippen LogP contribution >= 0.6 is 0 Å². The number of hydrogen-bond acceptors (Lipinski definition) is 6. The molecule has 0 radical (unpaired) electrons. The number of anilines is 1. The number of aryl methyl sites for hydroxylation is 1. The molecule has 2 aliphatic rings. The Morgan fingerprint density at radius 2 is 1.69 bits per heavy atom. The van der Waals surface area contributed by atoms with Crippen molar-refractivity contribution in [2.24, 2.45) is 0 Å². The summed E-state index contributed by atoms with van der Waals surface area (Å²) < 4.78 is 31.4. The lowest BCUT2D eigenvalue weighted by atomic mass is 9.98. The monoisotopic (exact) mass is 438 g/mol. The van der Waals surface area contributed by atoms with E-state index in [1.54, 1.807) is 19.1 Å². The Hall–Kier alpha value is -3.29. The van der Waals surface area contributed by atoms with E-state index < -0.39 is 17.7 Å². The van der Waals surface area contributed by atoms with Gasteiger partial charge in [0.15, 0.2) is 23.0 Å². The van der Waals surface area contributed by atoms with Crippen LogP contribution in [0, 0.1) is 12.7 Å². The van der Waals surface area contributed by atoms with Crippen molar-refractivity contribution in [3.63, 3.8) is 0 Å². The van der Waals surface area contributed by atoms with Crippen molar-refractivity contribution in [3.05, 3.63) is 42.0 Å². The molecule has 1 saturated heterocycles. The normalized spacial score (nSPS) is 16.3. The van der Waals surface area contributed by atoms with Crippen molar-refractivity contribution in [2.45, 2.75) is 45.2 Å². The Morgan fingerprint density at radius 3 is 2.38 bits per heavy atom. The Kier molecular flexibility index (Phi) is 5.36. The fraction of sp³-hybridized carbons (Fsp3) is 0.375. The first-order chi connectivity index (χ1) is 15.5. The summed E-state index contributed by atoms with van der Waals surface area (Å²) in [7, 11) is 0. The minimum Gasteiger partial charge on any atom is -0.504 e. The highest BCUT2D eigenvalue weighted by Crippen LogP contribution is 2.36. The largest absolute Gasteiger partial charge is 0.504 e. The van der Waals surface area contributed by atoms with Gasteiger partial charge in [0.25, 0.3) is 0 Å². The third kappa shape index (κ3) is 3.85. The molecule has 0 amide bonds. The van der Waals surface area contributed by atoms with Crippen LogP contribution in [0.2, 0.25) is 0 Å². The lowest BCUT2D eigenvalue weighted by Gasteiger charge is -2.16. The van der Waals surface area contributed by atoms with Crippen LogP contribution in [0.25, 0.3) is 33.4 Å². The first kappa shape index (κ1) is 20.6. The Morgan fingerprint density at radius 1 is 1.00 bits per heavy atom. The van der Waals surface area contributed by atoms with Crippen LogP contribution in [0.3, 0.4) is 0 Å². The zero-order valence-electron chi connectivity index (χ0n) is 17.8. The number of phenolic OH excluding ortho intramolecular Hbond substituents is 1. The van der Waals surface area contributed by atoms with Crippen LogP contribution < -0.4 is 4.90 Å². The molecule has 1 aliphatic carbocycles. The maximum absolute atomic E-state index is 14.5. The van der Waals surface area contributed by atoms with Gasteiger partial charge in [-0.2, -0.15) is 0 Å². The summed E-state index contributed by atoms with van der Waals surface area (Å²) in [5, 5.41) is 10.3. The SMILES string of the molecule is Cc1nc2c(F)c(O)c(-c3ccc4nc(N5CCCC5)ccc4n3)cc2o1.FC1CCC1. The van der Waals surface area contributed by atoms with Crippen molar-refractivity contribution in [1.82, 2.24) is 15.0 Å². The van der Waals surface area contributed by atoms with Crippen molar-refractivity contribution >= 4 is 28.0 Å². The highest BCUT2D eigenvalue weighted by Gasteiger charge is 2.20. The lowest BCUT2D eigenvalue weighted by Crippen LogP contribution is -2.18. The summed E-state index contributed by atoms with van der Waals surface area (Å²) in [4.78, 5) is 15.5. The maximum atomic E-state index is 14.5. The Labute approximate surface area is 183 Å². The predicted molar refractivity (Wildman–Crippen MR) is 119 cm³/mol. The van der Waals surface area contributed by atoms with Gasteiger partial charge >= 0.3 is 0 Å². The van der Waals surface area contributed by atoms with Gasteiger partial charge in [0.05, 0.1) is 16.7 Å². The van der Waals surface area contributed by atoms with E-state index in [-0.39, 0.29) is 16.7 Å². The topological polar surface area (TPSA) is 75.3 Å². The van der Waals surface area contributed by atoms with E-state index in [0.29, 0.717) is 17.1 Å². The average Bonchev–Trinajstić information content (AvgIpc) is 3.44. The van der Waals surface area contributed by atoms with E-state index in [9.17, 15) is 13.9 Å². The molecule has 1 saturated carbocycles. The second-order valence-electron chi connectivity index (χ2n) is 8.29. The van der Waals surface area contributed by atoms with Gasteiger partial charge in [-0.05, 0) is 62.4 Å². The number of hydrogen-bond donors (Lipinski definition) is 1. The minimum absolute atomic E-state index is 0.0199. The van der Waals surface area contributed by atoms with Gasteiger partial charge in [-0.3, -0.25) is 0 Å². The molecule has 2 fully saturated rings. The van der Waals surface area contributed by atoms with Crippen molar-refractivity contribution < 1.29 is 18.3 Å². The number of pyridine rings is 2. The molecule has 0 bridgehead atoms. The summed E-state index contributed by atoms with van der Waals surface area (Å²) in [5.74, 6) is 0.000563. The number of oxazole rings is 1. The highest BCUT2D eigenvalue weighted by molar-refractivity contribution is 5.87. The molecule has 166 valence electrons. The molecule has 1 aromatic carbocycles. The van der Waals surface area contributed by atoms with Crippen LogP contribution in [-0.4, -0.2) is 39.3 Å². The molecular formula is C24H24F2N4O2. The summed E-state index contributed by atoms with van der Waals surface area (Å²) in [6, 6.07) is 8.99. The first-order valence-electron chi connectivity index (χ1n) is 11.0. The van der Waals surface area contributed by atoms with Crippen LogP contribution in [0.4, 0.5) is 14.6 Å². The predicted octanol–water partition coefficient (Wildman–Crippen LogP) is 5.70. The van der Waals surface area contributed by atoms with Crippen LogP contribution in [0.1, 0.15) is 38.0 Å². The molecule has 6 rings (SSSR count). The van der Waals surface area contributed by atoms with Gasteiger partial charge in [-0.1, -0.05) is 0 Å². The molecule has 1 aliphatic heterocycles. The zero-order valence-corrected chi connectivity index (χ0v) is 17.8. The second-order valence-corrected chi connectivity index (χ2v) is 8.29. The zero-order chi connectivity index (χ0) is 22.2. The van der Waals surface area contributed by atoms with E-state index >= 15 is 0 Å². The van der Waals surface area contributed by atoms with Crippen molar-refractivity contribution in [2.75, 3.05) is 18.0 Å². The third-order valence-electron chi connectivity index (χ3n) is 5.98. The maximum Gasteiger partial charge on any atom is 0.195 e. The van der Waals surface area contributed by atoms with E-state index in [1.807, 2.05) is 18.2 Å². The summed E-state index contributed by atoms with van der Waals surface area (Å²) in [6.45, 7) is 3.68. The van der Waals surface area contributed by atoms with Gasteiger partial charge in [-0.15, -0.1) is 0 Å². The standard InChI is InChI=1S/C20H17FN4O2.C4H7F/c1-11-22-19-16(27-11)10-12(20(26)18(19)21)13-4-5-15-14(23-13)6-7-17(24-15)25-8-2-3-9-25;5-4-2-1-3-4/h4-7,10,26H,2-3,8-9H2,1H3;4H,1-3H2. The minimum atomic E-state index is -0.802. The van der Waals surface area contributed by atoms with Gasteiger partial charge in [0.2, 0.25) is 0 Å². The summed E-state index contributed by atoms with van der Waals surface area (Å²) in [5.41, 5.74) is 2.46. The van der Waals surface area contributed by atoms with E-state index in [4.69, 9.17) is 4.42 Å². The number of phenols is 1. The molecule has 4 aromatic rings. The van der Waals surface area contributed by atoms with Crippen molar-refractivity contribution in [3.8, 4) is 17.0 Å². The fourth-order valence-electron chi connectivity index (χ4n) is 3.95. The molecule has 0 unspecified atom stereocenters. The second kappa shape index (κ2) is 8.33. The number of nitrogens with zero attached hydrogens (tertiary/aromatic N) is 4. The first-order valence-corrected chi connectivity index (χ1v) is 11.0. The van der Waals surface area contributed by atoms with Gasteiger partial charge in [0, 0.05) is 25.6 Å². The van der Waals surface area contributed by atoms with E-state index in [0.717, 1.165) is 43.7 Å². The summed E-state index contributed by atoms with van der Waals surface area (Å²) in [6.07, 6.45) is 4.69. The smallest absolute Gasteiger partial charge is 0.195 e. The number of aromatic hydroxyl groups is 1. The number of aromatic nitrogens is 3. The van der Waals surface area contributed by atoms with Gasteiger partial charge in [-0.25, -0.2) is 23.7 Å². The number of benzene rings is 1. The fourth-order valence-corrected chi connectivity index (χ4v) is 3.95. The Bertz CT molecular complexity index is 1280. The number of rotatable bonds is 2. The molecule has 3 aromatic heterocycles. The number of halogens is 2. The average molecular weight is 438 g/mol. The molecule has 1 N–H and O–H groups in total. The molecule has 0 spiro atoms. The van der Waals surface area contributed by atoms with Crippen LogP contribution in [-0.2, 0) is 0 Å². The molecule has 6 nitrogen and oxygen atoms in total. The summed E-state index contributed by atoms with van der Waals surface area (Å²) >= 11 is 0. The lowest BCUT2D eigenvalue weighted by molar-refractivity contribution is 0.211. The van der Waals surface area contributed by atoms with Crippen LogP contribution in [0.15, 0.2) is 34.7 Å². The van der Waals surface area contributed by atoms with Crippen LogP contribution in [0.5, 0.6) is 5.75 Å². The van der Waals surface area contributed by atoms with E-state index in [2.05, 4.69) is 19.9 Å². The number of fused-ring (bicyclic) bond motifs is 2. The molecule has 8 heteroatoms. The quantitative estimate of drug-likeness (QED) is 0.433. The van der Waals surface area contributed by atoms with E-state index in [1.165, 1.54) is 12.8 Å². The molecule has 4 heterocycles. The van der Waals surface area contributed by atoms with Crippen molar-refractivity contribution in [1.29, 1.82) is 0 Å². The van der Waals surface area contributed by atoms with Gasteiger partial charge < -0.3 is 14.4 Å². The molecule has 0 atom stereocenters. The molecular weight excluding hydrogens is 414 g/mol.